The van der Waals surface area contributed by atoms with E-state index in [1.807, 2.05) is 0 Å². The summed E-state index contributed by atoms with van der Waals surface area (Å²) < 4.78 is 22.6. The Bertz CT molecular complexity index is 353. The highest BCUT2D eigenvalue weighted by Crippen LogP contribution is 2.15. The highest BCUT2D eigenvalue weighted by molar-refractivity contribution is 7.92. The molecular formula is C10H23ClN2O3S. The maximum absolute atomic E-state index is 11.7. The maximum atomic E-state index is 11.7. The van der Waals surface area contributed by atoms with E-state index in [9.17, 15) is 13.2 Å². The normalized spacial score (nSPS) is 12.8. The average Bonchev–Trinajstić information content (AvgIpc) is 1.99. The average molecular weight is 287 g/mol. The van der Waals surface area contributed by atoms with Crippen molar-refractivity contribution in [1.29, 1.82) is 0 Å². The van der Waals surface area contributed by atoms with Crippen LogP contribution < -0.4 is 11.1 Å². The lowest BCUT2D eigenvalue weighted by Gasteiger charge is -2.21. The van der Waals surface area contributed by atoms with Crippen LogP contribution in [-0.4, -0.2) is 36.9 Å². The molecule has 0 aromatic carbocycles. The summed E-state index contributed by atoms with van der Waals surface area (Å²) in [6.07, 6.45) is 0. The van der Waals surface area contributed by atoms with Gasteiger partial charge in [-0.3, -0.25) is 4.79 Å². The standard InChI is InChI=1S/C10H22N2O3S.ClH/c1-9(2,3)16(14,15)7-6-12-8(13)10(4,5)11;/h6-7,11H2,1-5H3,(H,12,13);1H. The predicted molar refractivity (Wildman–Crippen MR) is 72.1 cm³/mol. The zero-order chi connectivity index (χ0) is 13.2. The fourth-order valence-corrected chi connectivity index (χ4v) is 1.82. The fourth-order valence-electron chi connectivity index (χ4n) is 0.833. The molecule has 0 unspecified atom stereocenters. The number of halogens is 1. The minimum absolute atomic E-state index is 0. The molecule has 0 aliphatic rings. The van der Waals surface area contributed by atoms with E-state index in [4.69, 9.17) is 5.73 Å². The third-order valence-corrected chi connectivity index (χ3v) is 4.78. The summed E-state index contributed by atoms with van der Waals surface area (Å²) in [6.45, 7) is 8.14. The molecule has 0 saturated carbocycles. The van der Waals surface area contributed by atoms with Crippen LogP contribution in [0, 0.1) is 0 Å². The van der Waals surface area contributed by atoms with Gasteiger partial charge in [0.2, 0.25) is 5.91 Å². The van der Waals surface area contributed by atoms with Crippen molar-refractivity contribution in [3.63, 3.8) is 0 Å². The van der Waals surface area contributed by atoms with Crippen molar-refractivity contribution < 1.29 is 13.2 Å². The summed E-state index contributed by atoms with van der Waals surface area (Å²) >= 11 is 0. The summed E-state index contributed by atoms with van der Waals surface area (Å²) in [6, 6.07) is 0. The second-order valence-electron chi connectivity index (χ2n) is 5.41. The topological polar surface area (TPSA) is 89.3 Å². The van der Waals surface area contributed by atoms with Crippen LogP contribution in [0.25, 0.3) is 0 Å². The molecule has 7 heteroatoms. The number of carbonyl (C=O) groups is 1. The van der Waals surface area contributed by atoms with Crippen molar-refractivity contribution in [1.82, 2.24) is 5.32 Å². The number of nitrogens with two attached hydrogens (primary N) is 1. The molecule has 0 fully saturated rings. The Morgan fingerprint density at radius 2 is 1.59 bits per heavy atom. The number of nitrogens with one attached hydrogen (secondary N) is 1. The first-order valence-corrected chi connectivity index (χ1v) is 6.82. The Kier molecular flexibility index (Phi) is 6.73. The molecule has 0 rings (SSSR count). The van der Waals surface area contributed by atoms with E-state index in [1.54, 1.807) is 34.6 Å². The van der Waals surface area contributed by atoms with Gasteiger partial charge in [-0.2, -0.15) is 0 Å². The lowest BCUT2D eigenvalue weighted by molar-refractivity contribution is -0.125. The Morgan fingerprint density at radius 3 is 1.88 bits per heavy atom. The maximum Gasteiger partial charge on any atom is 0.239 e. The van der Waals surface area contributed by atoms with Gasteiger partial charge in [0.05, 0.1) is 16.0 Å². The van der Waals surface area contributed by atoms with Gasteiger partial charge in [-0.15, -0.1) is 12.4 Å². The molecule has 0 bridgehead atoms. The molecular weight excluding hydrogens is 264 g/mol. The van der Waals surface area contributed by atoms with Crippen LogP contribution >= 0.6 is 12.4 Å². The molecule has 5 nitrogen and oxygen atoms in total. The molecule has 17 heavy (non-hydrogen) atoms. The van der Waals surface area contributed by atoms with Gasteiger partial charge < -0.3 is 11.1 Å². The SMILES string of the molecule is CC(C)(N)C(=O)NCCS(=O)(=O)C(C)(C)C.Cl. The second-order valence-corrected chi connectivity index (χ2v) is 8.27. The van der Waals surface area contributed by atoms with Crippen molar-refractivity contribution in [2.75, 3.05) is 12.3 Å². The fraction of sp³-hybridized carbons (Fsp3) is 0.900. The molecule has 0 heterocycles. The molecule has 0 aromatic rings. The van der Waals surface area contributed by atoms with Crippen molar-refractivity contribution in [3.8, 4) is 0 Å². The molecule has 0 aliphatic heterocycles. The molecule has 0 atom stereocenters. The van der Waals surface area contributed by atoms with E-state index in [0.29, 0.717) is 0 Å². The van der Waals surface area contributed by atoms with E-state index in [0.717, 1.165) is 0 Å². The molecule has 0 saturated heterocycles. The monoisotopic (exact) mass is 286 g/mol. The van der Waals surface area contributed by atoms with Crippen molar-refractivity contribution in [2.45, 2.75) is 44.9 Å². The number of carbonyl (C=O) groups excluding carboxylic acids is 1. The van der Waals surface area contributed by atoms with E-state index < -0.39 is 20.1 Å². The van der Waals surface area contributed by atoms with E-state index in [-0.39, 0.29) is 30.6 Å². The number of hydrogen-bond acceptors (Lipinski definition) is 4. The molecule has 3 N–H and O–H groups in total. The van der Waals surface area contributed by atoms with Crippen LogP contribution in [0.4, 0.5) is 0 Å². The third-order valence-electron chi connectivity index (χ3n) is 2.17. The second kappa shape index (κ2) is 6.02. The van der Waals surface area contributed by atoms with E-state index in [1.165, 1.54) is 0 Å². The van der Waals surface area contributed by atoms with E-state index >= 15 is 0 Å². The van der Waals surface area contributed by atoms with Crippen LogP contribution in [0.3, 0.4) is 0 Å². The highest BCUT2D eigenvalue weighted by Gasteiger charge is 2.29. The molecule has 0 aromatic heterocycles. The first-order chi connectivity index (χ1) is 6.88. The Labute approximate surface area is 110 Å². The molecule has 0 aliphatic carbocycles. The number of hydrogen-bond donors (Lipinski definition) is 2. The summed E-state index contributed by atoms with van der Waals surface area (Å²) in [5.74, 6) is -0.421. The van der Waals surface area contributed by atoms with Crippen LogP contribution in [0.1, 0.15) is 34.6 Å². The Hall–Kier alpha value is -0.330. The van der Waals surface area contributed by atoms with Crippen LogP contribution in [0.2, 0.25) is 0 Å². The van der Waals surface area contributed by atoms with Gasteiger partial charge >= 0.3 is 0 Å². The van der Waals surface area contributed by atoms with Gasteiger partial charge in [0.15, 0.2) is 9.84 Å². The zero-order valence-corrected chi connectivity index (χ0v) is 12.7. The van der Waals surface area contributed by atoms with Crippen LogP contribution in [0.15, 0.2) is 0 Å². The number of sulfone groups is 1. The van der Waals surface area contributed by atoms with Crippen molar-refractivity contribution in [3.05, 3.63) is 0 Å². The lowest BCUT2D eigenvalue weighted by Crippen LogP contribution is -2.50. The summed E-state index contributed by atoms with van der Waals surface area (Å²) in [5, 5.41) is 2.51. The van der Waals surface area contributed by atoms with E-state index in [2.05, 4.69) is 5.32 Å². The Balaban J connectivity index is 0. The Morgan fingerprint density at radius 1 is 1.18 bits per heavy atom. The lowest BCUT2D eigenvalue weighted by atomic mass is 10.1. The van der Waals surface area contributed by atoms with Gasteiger partial charge in [0.1, 0.15) is 0 Å². The summed E-state index contributed by atoms with van der Waals surface area (Å²) in [5.41, 5.74) is 4.57. The molecule has 1 amide bonds. The van der Waals surface area contributed by atoms with Gasteiger partial charge in [-0.05, 0) is 34.6 Å². The van der Waals surface area contributed by atoms with Gasteiger partial charge in [-0.1, -0.05) is 0 Å². The molecule has 0 spiro atoms. The minimum Gasteiger partial charge on any atom is -0.354 e. The minimum atomic E-state index is -3.19. The third kappa shape index (κ3) is 6.24. The van der Waals surface area contributed by atoms with Gasteiger partial charge in [0.25, 0.3) is 0 Å². The number of rotatable bonds is 4. The van der Waals surface area contributed by atoms with Crippen molar-refractivity contribution >= 4 is 28.2 Å². The first-order valence-electron chi connectivity index (χ1n) is 5.17. The summed E-state index contributed by atoms with van der Waals surface area (Å²) in [7, 11) is -3.19. The molecule has 0 radical (unpaired) electrons. The van der Waals surface area contributed by atoms with Crippen molar-refractivity contribution in [2.24, 2.45) is 5.73 Å². The van der Waals surface area contributed by atoms with Gasteiger partial charge in [-0.25, -0.2) is 8.42 Å². The van der Waals surface area contributed by atoms with Crippen LogP contribution in [0.5, 0.6) is 0 Å². The number of amides is 1. The molecule has 104 valence electrons. The van der Waals surface area contributed by atoms with Crippen LogP contribution in [-0.2, 0) is 14.6 Å². The zero-order valence-electron chi connectivity index (χ0n) is 11.0. The first kappa shape index (κ1) is 19.0. The summed E-state index contributed by atoms with van der Waals surface area (Å²) in [4.78, 5) is 11.4. The largest absolute Gasteiger partial charge is 0.354 e. The predicted octanol–water partition coefficient (Wildman–Crippen LogP) is 0.475. The quantitative estimate of drug-likeness (QED) is 0.786. The van der Waals surface area contributed by atoms with Gasteiger partial charge in [0, 0.05) is 6.54 Å². The smallest absolute Gasteiger partial charge is 0.239 e. The highest BCUT2D eigenvalue weighted by atomic mass is 35.5.